The molecule has 10 heteroatoms. The second-order valence-corrected chi connectivity index (χ2v) is 13.0. The van der Waals surface area contributed by atoms with Crippen molar-refractivity contribution in [3.8, 4) is 11.5 Å². The summed E-state index contributed by atoms with van der Waals surface area (Å²) in [6.07, 6.45) is 3.33. The molecule has 10 nitrogen and oxygen atoms in total. The molecule has 3 amide bonds. The van der Waals surface area contributed by atoms with E-state index < -0.39 is 24.1 Å². The topological polar surface area (TPSA) is 137 Å². The lowest BCUT2D eigenvalue weighted by molar-refractivity contribution is -0.145. The van der Waals surface area contributed by atoms with Crippen molar-refractivity contribution in [2.45, 2.75) is 69.7 Å². The van der Waals surface area contributed by atoms with E-state index in [9.17, 15) is 19.2 Å². The Labute approximate surface area is 291 Å². The minimum absolute atomic E-state index is 0.135. The number of benzene rings is 4. The summed E-state index contributed by atoms with van der Waals surface area (Å²) >= 11 is 0. The molecular formula is C40H42N4O6. The van der Waals surface area contributed by atoms with Gasteiger partial charge in [0, 0.05) is 19.4 Å². The average molecular weight is 675 g/mol. The zero-order chi connectivity index (χ0) is 35.2. The van der Waals surface area contributed by atoms with Crippen LogP contribution in [0.4, 0.5) is 0 Å². The van der Waals surface area contributed by atoms with Gasteiger partial charge in [0.15, 0.2) is 0 Å². The van der Waals surface area contributed by atoms with Crippen molar-refractivity contribution in [1.29, 1.82) is 0 Å². The Morgan fingerprint density at radius 1 is 0.860 bits per heavy atom. The summed E-state index contributed by atoms with van der Waals surface area (Å²) in [6, 6.07) is 27.0. The molecule has 1 aliphatic heterocycles. The van der Waals surface area contributed by atoms with E-state index in [1.165, 1.54) is 17.7 Å². The minimum atomic E-state index is -1.02. The van der Waals surface area contributed by atoms with E-state index in [-0.39, 0.29) is 42.3 Å². The molecule has 1 aliphatic carbocycles. The van der Waals surface area contributed by atoms with Crippen molar-refractivity contribution in [3.63, 3.8) is 0 Å². The van der Waals surface area contributed by atoms with Gasteiger partial charge in [-0.1, -0.05) is 60.7 Å². The number of ether oxygens (including phenoxy) is 1. The summed E-state index contributed by atoms with van der Waals surface area (Å²) < 4.78 is 5.89. The molecule has 4 aromatic rings. The molecule has 4 aromatic carbocycles. The van der Waals surface area contributed by atoms with Crippen LogP contribution in [-0.4, -0.2) is 58.9 Å². The first kappa shape index (κ1) is 34.4. The number of nitrogens with zero attached hydrogens (tertiary/aromatic N) is 1. The lowest BCUT2D eigenvalue weighted by Gasteiger charge is -2.39. The van der Waals surface area contributed by atoms with Gasteiger partial charge in [-0.3, -0.25) is 14.4 Å². The van der Waals surface area contributed by atoms with Crippen LogP contribution in [0.15, 0.2) is 97.1 Å². The van der Waals surface area contributed by atoms with Crippen LogP contribution in [0, 0.1) is 0 Å². The number of hydrogen-bond acceptors (Lipinski definition) is 6. The van der Waals surface area contributed by atoms with Crippen LogP contribution in [0.3, 0.4) is 0 Å². The van der Waals surface area contributed by atoms with Crippen LogP contribution in [0.25, 0.3) is 0 Å². The van der Waals surface area contributed by atoms with Crippen LogP contribution in [0.2, 0.25) is 0 Å². The molecule has 0 aromatic heterocycles. The fraction of sp³-hybridized carbons (Fsp3) is 0.300. The Kier molecular flexibility index (Phi) is 10.6. The van der Waals surface area contributed by atoms with Gasteiger partial charge in [-0.15, -0.1) is 0 Å². The van der Waals surface area contributed by atoms with Gasteiger partial charge in [0.2, 0.25) is 17.7 Å². The fourth-order valence-electron chi connectivity index (χ4n) is 6.72. The number of fused-ring (bicyclic) bond motifs is 2. The number of amides is 3. The first-order chi connectivity index (χ1) is 24.2. The lowest BCUT2D eigenvalue weighted by atomic mass is 9.87. The van der Waals surface area contributed by atoms with Crippen LogP contribution in [0.5, 0.6) is 11.5 Å². The zero-order valence-electron chi connectivity index (χ0n) is 28.2. The van der Waals surface area contributed by atoms with Gasteiger partial charge in [-0.05, 0) is 97.4 Å². The van der Waals surface area contributed by atoms with Crippen LogP contribution in [0.1, 0.15) is 64.0 Å². The summed E-state index contributed by atoms with van der Waals surface area (Å²) in [7, 11) is 1.68. The van der Waals surface area contributed by atoms with Crippen LogP contribution < -0.4 is 20.7 Å². The highest BCUT2D eigenvalue weighted by Crippen LogP contribution is 2.31. The Bertz CT molecular complexity index is 1860. The number of likely N-dealkylation sites (N-methyl/N-ethyl adjacent to an activating group) is 1. The number of nitrogens with one attached hydrogen (secondary N) is 3. The molecule has 4 atom stereocenters. The molecule has 1 heterocycles. The highest BCUT2D eigenvalue weighted by Gasteiger charge is 2.39. The van der Waals surface area contributed by atoms with Crippen molar-refractivity contribution in [1.82, 2.24) is 20.9 Å². The van der Waals surface area contributed by atoms with Gasteiger partial charge in [0.25, 0.3) is 0 Å². The van der Waals surface area contributed by atoms with Crippen molar-refractivity contribution >= 4 is 23.7 Å². The highest BCUT2D eigenvalue weighted by molar-refractivity contribution is 5.94. The SMILES string of the molecule is CNC(C)C(=O)NC(Cc1ccc(Oc2ccc(C(=O)O)cc2)cc1)C(=O)N1Cc2ccccc2CC1C(=O)NC1CCCc2ccccc21. The van der Waals surface area contributed by atoms with Crippen LogP contribution in [-0.2, 0) is 40.2 Å². The standard InChI is InChI=1S/C40H42N4O6/c1-25(41-2)37(45)43-35(22-26-14-18-31(19-15-26)50-32-20-16-28(17-21-32)40(48)49)39(47)44-24-30-10-4-3-9-29(30)23-36(44)38(46)42-34-13-7-11-27-8-5-6-12-33(27)34/h3-6,8-10,12,14-21,25,34-36,41H,7,11,13,22-24H2,1-2H3,(H,42,46)(H,43,45)(H,48,49). The van der Waals surface area contributed by atoms with E-state index in [1.807, 2.05) is 48.5 Å². The maximum absolute atomic E-state index is 14.6. The van der Waals surface area contributed by atoms with Crippen molar-refractivity contribution in [2.75, 3.05) is 7.05 Å². The molecule has 0 saturated heterocycles. The van der Waals surface area contributed by atoms with Gasteiger partial charge in [-0.25, -0.2) is 4.79 Å². The number of carboxylic acid groups (broad SMARTS) is 1. The average Bonchev–Trinajstić information content (AvgIpc) is 3.14. The molecule has 4 N–H and O–H groups in total. The number of carbonyl (C=O) groups excluding carboxylic acids is 3. The molecule has 0 bridgehead atoms. The van der Waals surface area contributed by atoms with E-state index in [1.54, 1.807) is 43.1 Å². The number of carbonyl (C=O) groups is 4. The van der Waals surface area contributed by atoms with E-state index in [0.29, 0.717) is 17.9 Å². The number of hydrogen-bond donors (Lipinski definition) is 4. The molecule has 0 radical (unpaired) electrons. The third-order valence-corrected chi connectivity index (χ3v) is 9.66. The van der Waals surface area contributed by atoms with Gasteiger partial charge < -0.3 is 30.7 Å². The summed E-state index contributed by atoms with van der Waals surface area (Å²) in [5.74, 6) is -0.873. The van der Waals surface area contributed by atoms with Gasteiger partial charge in [0.05, 0.1) is 17.6 Å². The quantitative estimate of drug-likeness (QED) is 0.177. The predicted octanol–water partition coefficient (Wildman–Crippen LogP) is 4.96. The second-order valence-electron chi connectivity index (χ2n) is 13.0. The molecule has 4 unspecified atom stereocenters. The third kappa shape index (κ3) is 7.87. The Balaban J connectivity index is 1.24. The Morgan fingerprint density at radius 2 is 1.50 bits per heavy atom. The number of aryl methyl sites for hydroxylation is 1. The first-order valence-electron chi connectivity index (χ1n) is 17.0. The monoisotopic (exact) mass is 674 g/mol. The summed E-state index contributed by atoms with van der Waals surface area (Å²) in [6.45, 7) is 1.97. The second kappa shape index (κ2) is 15.4. The van der Waals surface area contributed by atoms with E-state index in [2.05, 4.69) is 28.1 Å². The van der Waals surface area contributed by atoms with Crippen molar-refractivity contribution < 1.29 is 29.0 Å². The third-order valence-electron chi connectivity index (χ3n) is 9.66. The van der Waals surface area contributed by atoms with Gasteiger partial charge >= 0.3 is 5.97 Å². The maximum atomic E-state index is 14.6. The molecule has 0 spiro atoms. The van der Waals surface area contributed by atoms with E-state index >= 15 is 0 Å². The summed E-state index contributed by atoms with van der Waals surface area (Å²) in [5.41, 5.74) is 5.30. The van der Waals surface area contributed by atoms with Gasteiger partial charge in [-0.2, -0.15) is 0 Å². The van der Waals surface area contributed by atoms with Crippen molar-refractivity contribution in [3.05, 3.63) is 130 Å². The largest absolute Gasteiger partial charge is 0.478 e. The Morgan fingerprint density at radius 3 is 2.18 bits per heavy atom. The Hall–Kier alpha value is -5.48. The zero-order valence-corrected chi connectivity index (χ0v) is 28.2. The smallest absolute Gasteiger partial charge is 0.335 e. The predicted molar refractivity (Wildman–Crippen MR) is 189 cm³/mol. The van der Waals surface area contributed by atoms with Gasteiger partial charge in [0.1, 0.15) is 23.6 Å². The molecule has 0 fully saturated rings. The fourth-order valence-corrected chi connectivity index (χ4v) is 6.72. The number of carboxylic acids is 1. The maximum Gasteiger partial charge on any atom is 0.335 e. The minimum Gasteiger partial charge on any atom is -0.478 e. The van der Waals surface area contributed by atoms with Crippen molar-refractivity contribution in [2.24, 2.45) is 0 Å². The van der Waals surface area contributed by atoms with E-state index in [4.69, 9.17) is 9.84 Å². The number of aromatic carboxylic acids is 1. The summed E-state index contributed by atoms with van der Waals surface area (Å²) in [5, 5.41) is 18.3. The molecule has 50 heavy (non-hydrogen) atoms. The highest BCUT2D eigenvalue weighted by atomic mass is 16.5. The molecule has 2 aliphatic rings. The summed E-state index contributed by atoms with van der Waals surface area (Å²) in [4.78, 5) is 54.7. The molecular weight excluding hydrogens is 632 g/mol. The van der Waals surface area contributed by atoms with Crippen LogP contribution >= 0.6 is 0 Å². The van der Waals surface area contributed by atoms with E-state index in [0.717, 1.165) is 41.5 Å². The first-order valence-corrected chi connectivity index (χ1v) is 17.0. The normalized spacial score (nSPS) is 17.8. The molecule has 258 valence electrons. The lowest BCUT2D eigenvalue weighted by Crippen LogP contribution is -2.59. The number of rotatable bonds is 11. The molecule has 6 rings (SSSR count). The molecule has 0 saturated carbocycles.